The largest absolute Gasteiger partial charge is 0.476 e. The van der Waals surface area contributed by atoms with Crippen molar-refractivity contribution >= 4 is 11.9 Å². The lowest BCUT2D eigenvalue weighted by molar-refractivity contribution is -0.160. The molecule has 8 heteroatoms. The molecule has 0 saturated carbocycles. The normalized spacial score (nSPS) is 19.7. The zero-order chi connectivity index (χ0) is 20.4. The summed E-state index contributed by atoms with van der Waals surface area (Å²) in [5.41, 5.74) is 1.77. The molecule has 150 valence electrons. The highest BCUT2D eigenvalue weighted by Gasteiger charge is 2.30. The highest BCUT2D eigenvalue weighted by Crippen LogP contribution is 2.29. The van der Waals surface area contributed by atoms with Gasteiger partial charge in [-0.1, -0.05) is 13.8 Å². The van der Waals surface area contributed by atoms with Crippen LogP contribution in [0.4, 0.5) is 4.39 Å². The number of nitrogens with zero attached hydrogens (tertiary/aromatic N) is 2. The summed E-state index contributed by atoms with van der Waals surface area (Å²) in [6.07, 6.45) is -0.0120. The van der Waals surface area contributed by atoms with Gasteiger partial charge in [0.05, 0.1) is 18.2 Å². The third kappa shape index (κ3) is 4.22. The molecule has 0 spiro atoms. The van der Waals surface area contributed by atoms with Crippen LogP contribution in [0.3, 0.4) is 0 Å². The van der Waals surface area contributed by atoms with Crippen molar-refractivity contribution in [3.8, 4) is 5.69 Å². The molecule has 1 aliphatic rings. The molecule has 2 aromatic rings. The molecule has 0 radical (unpaired) electrons. The second-order valence-electron chi connectivity index (χ2n) is 7.30. The number of hydrogen-bond donors (Lipinski definition) is 2. The van der Waals surface area contributed by atoms with Gasteiger partial charge in [0.2, 0.25) is 0 Å². The average molecular weight is 390 g/mol. The Morgan fingerprint density at radius 1 is 1.36 bits per heavy atom. The molecule has 1 aromatic carbocycles. The van der Waals surface area contributed by atoms with E-state index in [0.29, 0.717) is 36.2 Å². The first-order valence-electron chi connectivity index (χ1n) is 9.24. The Morgan fingerprint density at radius 3 is 2.61 bits per heavy atom. The van der Waals surface area contributed by atoms with Gasteiger partial charge in [0.15, 0.2) is 5.69 Å². The van der Waals surface area contributed by atoms with Crippen molar-refractivity contribution in [3.63, 3.8) is 0 Å². The number of rotatable bonds is 6. The molecule has 1 saturated heterocycles. The number of aromatic carboxylic acids is 1. The number of esters is 1. The third-order valence-corrected chi connectivity index (χ3v) is 4.81. The van der Waals surface area contributed by atoms with E-state index in [1.165, 1.54) is 28.9 Å². The minimum Gasteiger partial charge on any atom is -0.476 e. The Labute approximate surface area is 161 Å². The van der Waals surface area contributed by atoms with E-state index in [1.807, 2.05) is 13.8 Å². The number of carbonyl (C=O) groups excluding carboxylic acids is 1. The zero-order valence-electron chi connectivity index (χ0n) is 15.8. The lowest BCUT2D eigenvalue weighted by Gasteiger charge is -2.26. The van der Waals surface area contributed by atoms with Crippen LogP contribution in [-0.2, 0) is 16.0 Å². The highest BCUT2D eigenvalue weighted by atomic mass is 19.1. The summed E-state index contributed by atoms with van der Waals surface area (Å²) in [6, 6.07) is 5.64. The van der Waals surface area contributed by atoms with Gasteiger partial charge in [0.25, 0.3) is 0 Å². The Morgan fingerprint density at radius 2 is 2.04 bits per heavy atom. The van der Waals surface area contributed by atoms with Gasteiger partial charge in [-0.3, -0.25) is 4.79 Å². The monoisotopic (exact) mass is 390 g/mol. The number of cyclic esters (lactones) is 1. The minimum atomic E-state index is -1.13. The molecule has 28 heavy (non-hydrogen) atoms. The van der Waals surface area contributed by atoms with Gasteiger partial charge in [0.1, 0.15) is 11.9 Å². The smallest absolute Gasteiger partial charge is 0.356 e. The van der Waals surface area contributed by atoms with Crippen LogP contribution in [0.25, 0.3) is 5.69 Å². The quantitative estimate of drug-likeness (QED) is 0.736. The maximum Gasteiger partial charge on any atom is 0.356 e. The standard InChI is InChI=1S/C20H23FN2O5/c1-11(2)18-16(8-7-15-9-14(24)10-17(25)28-15)23(22-19(18)20(26)27)13-5-3-12(21)4-6-13/h3-6,11,14-15,24H,7-10H2,1-2H3,(H,26,27). The van der Waals surface area contributed by atoms with Gasteiger partial charge >= 0.3 is 11.9 Å². The molecule has 0 aliphatic carbocycles. The van der Waals surface area contributed by atoms with Crippen LogP contribution < -0.4 is 0 Å². The number of carbonyl (C=O) groups is 2. The van der Waals surface area contributed by atoms with Crippen LogP contribution in [0.1, 0.15) is 60.8 Å². The van der Waals surface area contributed by atoms with Crippen molar-refractivity contribution in [2.24, 2.45) is 0 Å². The van der Waals surface area contributed by atoms with Gasteiger partial charge in [-0.2, -0.15) is 5.10 Å². The molecular weight excluding hydrogens is 367 g/mol. The fourth-order valence-electron chi connectivity index (χ4n) is 3.60. The number of aromatic nitrogens is 2. The van der Waals surface area contributed by atoms with E-state index in [9.17, 15) is 24.2 Å². The lowest BCUT2D eigenvalue weighted by atomic mass is 9.95. The summed E-state index contributed by atoms with van der Waals surface area (Å²) in [5.74, 6) is -2.07. The van der Waals surface area contributed by atoms with Gasteiger partial charge in [0, 0.05) is 17.7 Å². The number of carboxylic acids is 1. The number of hydrogen-bond acceptors (Lipinski definition) is 5. The van der Waals surface area contributed by atoms with E-state index in [-0.39, 0.29) is 18.0 Å². The van der Waals surface area contributed by atoms with E-state index in [4.69, 9.17) is 4.74 Å². The van der Waals surface area contributed by atoms with Crippen LogP contribution in [0.5, 0.6) is 0 Å². The SMILES string of the molecule is CC(C)c1c(C(=O)O)nn(-c2ccc(F)cc2)c1CCC1CC(O)CC(=O)O1. The van der Waals surface area contributed by atoms with Crippen molar-refractivity contribution in [3.05, 3.63) is 47.0 Å². The lowest BCUT2D eigenvalue weighted by Crippen LogP contribution is -2.33. The molecular formula is C20H23FN2O5. The predicted molar refractivity (Wildman–Crippen MR) is 98.0 cm³/mol. The molecule has 1 aliphatic heterocycles. The van der Waals surface area contributed by atoms with Gasteiger partial charge in [-0.05, 0) is 43.0 Å². The molecule has 7 nitrogen and oxygen atoms in total. The molecule has 1 aromatic heterocycles. The Balaban J connectivity index is 1.97. The number of benzene rings is 1. The fraction of sp³-hybridized carbons (Fsp3) is 0.450. The second-order valence-corrected chi connectivity index (χ2v) is 7.30. The Bertz CT molecular complexity index is 875. The van der Waals surface area contributed by atoms with E-state index < -0.39 is 30.0 Å². The van der Waals surface area contributed by atoms with Crippen LogP contribution >= 0.6 is 0 Å². The molecule has 2 atom stereocenters. The average Bonchev–Trinajstić information content (AvgIpc) is 3.00. The molecule has 1 fully saturated rings. The Hall–Kier alpha value is -2.74. The van der Waals surface area contributed by atoms with E-state index in [2.05, 4.69) is 5.10 Å². The molecule has 2 N–H and O–H groups in total. The fourth-order valence-corrected chi connectivity index (χ4v) is 3.60. The number of ether oxygens (including phenoxy) is 1. The highest BCUT2D eigenvalue weighted by molar-refractivity contribution is 5.87. The zero-order valence-corrected chi connectivity index (χ0v) is 15.8. The van der Waals surface area contributed by atoms with Gasteiger partial charge in [-0.15, -0.1) is 0 Å². The van der Waals surface area contributed by atoms with Crippen molar-refractivity contribution in [1.29, 1.82) is 0 Å². The first kappa shape index (κ1) is 20.0. The first-order chi connectivity index (χ1) is 13.3. The molecule has 0 bridgehead atoms. The molecule has 3 rings (SSSR count). The summed E-state index contributed by atoms with van der Waals surface area (Å²) in [5, 5.41) is 23.6. The van der Waals surface area contributed by atoms with E-state index in [0.717, 1.165) is 0 Å². The first-order valence-corrected chi connectivity index (χ1v) is 9.24. The van der Waals surface area contributed by atoms with E-state index in [1.54, 1.807) is 0 Å². The summed E-state index contributed by atoms with van der Waals surface area (Å²) < 4.78 is 20.1. The third-order valence-electron chi connectivity index (χ3n) is 4.81. The molecule has 0 amide bonds. The maximum atomic E-state index is 13.3. The summed E-state index contributed by atoms with van der Waals surface area (Å²) in [6.45, 7) is 3.76. The molecule has 2 heterocycles. The minimum absolute atomic E-state index is 0.00951. The second kappa shape index (κ2) is 8.10. The van der Waals surface area contributed by atoms with Crippen LogP contribution in [0.2, 0.25) is 0 Å². The van der Waals surface area contributed by atoms with E-state index >= 15 is 0 Å². The van der Waals surface area contributed by atoms with Crippen molar-refractivity contribution in [2.45, 2.75) is 57.7 Å². The van der Waals surface area contributed by atoms with Gasteiger partial charge in [-0.25, -0.2) is 13.9 Å². The molecule has 2 unspecified atom stereocenters. The maximum absolute atomic E-state index is 13.3. The van der Waals surface area contributed by atoms with Crippen LogP contribution in [0.15, 0.2) is 24.3 Å². The predicted octanol–water partition coefficient (Wildman–Crippen LogP) is 2.83. The summed E-state index contributed by atoms with van der Waals surface area (Å²) >= 11 is 0. The number of aliphatic hydroxyl groups excluding tert-OH is 1. The summed E-state index contributed by atoms with van der Waals surface area (Å²) in [7, 11) is 0. The van der Waals surface area contributed by atoms with Crippen LogP contribution in [-0.4, -0.2) is 44.1 Å². The van der Waals surface area contributed by atoms with Crippen molar-refractivity contribution in [2.75, 3.05) is 0 Å². The number of aliphatic hydroxyl groups is 1. The topological polar surface area (TPSA) is 102 Å². The van der Waals surface area contributed by atoms with Crippen molar-refractivity contribution in [1.82, 2.24) is 9.78 Å². The Kier molecular flexibility index (Phi) is 5.79. The number of carboxylic acid groups (broad SMARTS) is 1. The van der Waals surface area contributed by atoms with Crippen LogP contribution in [0, 0.1) is 5.82 Å². The van der Waals surface area contributed by atoms with Gasteiger partial charge < -0.3 is 14.9 Å². The summed E-state index contributed by atoms with van der Waals surface area (Å²) in [4.78, 5) is 23.3. The van der Waals surface area contributed by atoms with Crippen molar-refractivity contribution < 1.29 is 28.9 Å². The number of halogens is 1.